The molecule has 0 saturated heterocycles. The lowest BCUT2D eigenvalue weighted by Gasteiger charge is -2.12. The molecule has 2 rings (SSSR count). The summed E-state index contributed by atoms with van der Waals surface area (Å²) in [6.45, 7) is 1.75. The summed E-state index contributed by atoms with van der Waals surface area (Å²) < 4.78 is 5.07. The molecule has 3 nitrogen and oxygen atoms in total. The number of benzene rings is 2. The number of rotatable bonds is 3. The highest BCUT2D eigenvalue weighted by Crippen LogP contribution is 2.23. The van der Waals surface area contributed by atoms with E-state index in [1.165, 1.54) is 0 Å². The third-order valence-corrected chi connectivity index (χ3v) is 2.99. The van der Waals surface area contributed by atoms with E-state index in [1.54, 1.807) is 6.92 Å². The van der Waals surface area contributed by atoms with Crippen molar-refractivity contribution in [3.63, 3.8) is 0 Å². The van der Waals surface area contributed by atoms with Crippen molar-refractivity contribution in [2.75, 3.05) is 11.2 Å². The van der Waals surface area contributed by atoms with E-state index in [4.69, 9.17) is 16.3 Å². The van der Waals surface area contributed by atoms with Crippen LogP contribution >= 0.6 is 11.6 Å². The minimum Gasteiger partial charge on any atom is -0.445 e. The number of hydrogen-bond donors (Lipinski definition) is 1. The van der Waals surface area contributed by atoms with Crippen LogP contribution in [-0.2, 0) is 4.74 Å². The number of fused-ring (bicyclic) bond motifs is 1. The molecule has 1 N–H and O–H groups in total. The van der Waals surface area contributed by atoms with Gasteiger partial charge in [0.1, 0.15) is 6.10 Å². The molecule has 0 aliphatic rings. The molecule has 94 valence electrons. The summed E-state index contributed by atoms with van der Waals surface area (Å²) in [7, 11) is 0. The van der Waals surface area contributed by atoms with E-state index in [0.717, 1.165) is 16.5 Å². The fourth-order valence-corrected chi connectivity index (χ4v) is 1.75. The van der Waals surface area contributed by atoms with E-state index in [1.807, 2.05) is 42.5 Å². The first-order chi connectivity index (χ1) is 8.70. The maximum absolute atomic E-state index is 11.6. The quantitative estimate of drug-likeness (QED) is 0.850. The third kappa shape index (κ3) is 2.93. The molecule has 0 bridgehead atoms. The standard InChI is InChI=1S/C14H14ClNO2/c1-10(9-15)18-14(17)16-13-8-4-6-11-5-2-3-7-12(11)13/h2-8,10H,9H2,1H3,(H,16,17). The van der Waals surface area contributed by atoms with Crippen LogP contribution in [0.2, 0.25) is 0 Å². The zero-order chi connectivity index (χ0) is 13.0. The van der Waals surface area contributed by atoms with Crippen LogP contribution in [0.5, 0.6) is 0 Å². The van der Waals surface area contributed by atoms with Gasteiger partial charge in [-0.05, 0) is 18.4 Å². The van der Waals surface area contributed by atoms with Crippen LogP contribution in [0, 0.1) is 0 Å². The van der Waals surface area contributed by atoms with Gasteiger partial charge in [0, 0.05) is 5.39 Å². The molecule has 18 heavy (non-hydrogen) atoms. The number of carbonyl (C=O) groups is 1. The second-order valence-corrected chi connectivity index (χ2v) is 4.33. The molecule has 0 heterocycles. The van der Waals surface area contributed by atoms with E-state index in [2.05, 4.69) is 5.32 Å². The summed E-state index contributed by atoms with van der Waals surface area (Å²) in [5.74, 6) is 0.281. The Bertz CT molecular complexity index is 551. The number of hydrogen-bond acceptors (Lipinski definition) is 2. The average molecular weight is 264 g/mol. The fourth-order valence-electron chi connectivity index (χ4n) is 1.69. The summed E-state index contributed by atoms with van der Waals surface area (Å²) in [5, 5.41) is 4.78. The number of amides is 1. The van der Waals surface area contributed by atoms with Crippen molar-refractivity contribution < 1.29 is 9.53 Å². The van der Waals surface area contributed by atoms with Crippen molar-refractivity contribution in [2.24, 2.45) is 0 Å². The largest absolute Gasteiger partial charge is 0.445 e. The molecule has 0 saturated carbocycles. The van der Waals surface area contributed by atoms with Gasteiger partial charge in [-0.15, -0.1) is 11.6 Å². The SMILES string of the molecule is CC(CCl)OC(=O)Nc1cccc2ccccc12. The van der Waals surface area contributed by atoms with E-state index < -0.39 is 6.09 Å². The van der Waals surface area contributed by atoms with Gasteiger partial charge in [-0.25, -0.2) is 4.79 Å². The zero-order valence-electron chi connectivity index (χ0n) is 10.0. The first-order valence-electron chi connectivity index (χ1n) is 5.72. The fraction of sp³-hybridized carbons (Fsp3) is 0.214. The second kappa shape index (κ2) is 5.74. The Balaban J connectivity index is 2.19. The molecule has 0 fully saturated rings. The van der Waals surface area contributed by atoms with E-state index in [-0.39, 0.29) is 12.0 Å². The highest BCUT2D eigenvalue weighted by Gasteiger charge is 2.09. The maximum Gasteiger partial charge on any atom is 0.411 e. The van der Waals surface area contributed by atoms with Crippen LogP contribution in [0.25, 0.3) is 10.8 Å². The minimum atomic E-state index is -0.487. The van der Waals surface area contributed by atoms with Gasteiger partial charge in [-0.2, -0.15) is 0 Å². The number of carbonyl (C=O) groups excluding carboxylic acids is 1. The van der Waals surface area contributed by atoms with Crippen molar-refractivity contribution in [3.05, 3.63) is 42.5 Å². The molecule has 0 spiro atoms. The first-order valence-corrected chi connectivity index (χ1v) is 6.25. The predicted molar refractivity (Wildman–Crippen MR) is 74.2 cm³/mol. The van der Waals surface area contributed by atoms with Crippen molar-refractivity contribution in [3.8, 4) is 0 Å². The molecule has 1 atom stereocenters. The van der Waals surface area contributed by atoms with Crippen LogP contribution in [-0.4, -0.2) is 18.1 Å². The lowest BCUT2D eigenvalue weighted by molar-refractivity contribution is 0.131. The van der Waals surface area contributed by atoms with Crippen LogP contribution in [0.1, 0.15) is 6.92 Å². The average Bonchev–Trinajstić information content (AvgIpc) is 2.39. The molecule has 0 aromatic heterocycles. The van der Waals surface area contributed by atoms with Gasteiger partial charge in [0.05, 0.1) is 11.6 Å². The van der Waals surface area contributed by atoms with Gasteiger partial charge >= 0.3 is 6.09 Å². The molecular weight excluding hydrogens is 250 g/mol. The maximum atomic E-state index is 11.6. The van der Waals surface area contributed by atoms with Crippen molar-refractivity contribution in [2.45, 2.75) is 13.0 Å². The topological polar surface area (TPSA) is 38.3 Å². The second-order valence-electron chi connectivity index (χ2n) is 4.02. The lowest BCUT2D eigenvalue weighted by Crippen LogP contribution is -2.21. The Labute approximate surface area is 111 Å². The molecular formula is C14H14ClNO2. The molecule has 0 aliphatic carbocycles. The molecule has 2 aromatic carbocycles. The van der Waals surface area contributed by atoms with Crippen molar-refractivity contribution in [1.29, 1.82) is 0 Å². The van der Waals surface area contributed by atoms with Gasteiger partial charge in [0.15, 0.2) is 0 Å². The first kappa shape index (κ1) is 12.7. The van der Waals surface area contributed by atoms with Crippen LogP contribution < -0.4 is 5.32 Å². The van der Waals surface area contributed by atoms with Gasteiger partial charge in [-0.3, -0.25) is 5.32 Å². The lowest BCUT2D eigenvalue weighted by atomic mass is 10.1. The highest BCUT2D eigenvalue weighted by molar-refractivity contribution is 6.18. The number of nitrogens with one attached hydrogen (secondary N) is 1. The molecule has 2 aromatic rings. The summed E-state index contributed by atoms with van der Waals surface area (Å²) in [6, 6.07) is 13.6. The van der Waals surface area contributed by atoms with Crippen LogP contribution in [0.4, 0.5) is 10.5 Å². The van der Waals surface area contributed by atoms with Gasteiger partial charge in [0.2, 0.25) is 0 Å². The third-order valence-electron chi connectivity index (χ3n) is 2.55. The summed E-state index contributed by atoms with van der Waals surface area (Å²) in [5.41, 5.74) is 0.736. The Kier molecular flexibility index (Phi) is 4.05. The number of halogens is 1. The van der Waals surface area contributed by atoms with Crippen LogP contribution in [0.3, 0.4) is 0 Å². The molecule has 0 radical (unpaired) electrons. The number of anilines is 1. The molecule has 4 heteroatoms. The van der Waals surface area contributed by atoms with Crippen LogP contribution in [0.15, 0.2) is 42.5 Å². The van der Waals surface area contributed by atoms with E-state index in [0.29, 0.717) is 0 Å². The summed E-state index contributed by atoms with van der Waals surface area (Å²) in [6.07, 6.45) is -0.791. The Morgan fingerprint density at radius 1 is 1.28 bits per heavy atom. The monoisotopic (exact) mass is 263 g/mol. The van der Waals surface area contributed by atoms with Crippen molar-refractivity contribution >= 4 is 34.2 Å². The molecule has 0 aliphatic heterocycles. The van der Waals surface area contributed by atoms with Crippen molar-refractivity contribution in [1.82, 2.24) is 0 Å². The highest BCUT2D eigenvalue weighted by atomic mass is 35.5. The molecule has 1 unspecified atom stereocenters. The van der Waals surface area contributed by atoms with Gasteiger partial charge in [-0.1, -0.05) is 36.4 Å². The summed E-state index contributed by atoms with van der Waals surface area (Å²) >= 11 is 5.59. The van der Waals surface area contributed by atoms with Gasteiger partial charge in [0.25, 0.3) is 0 Å². The Hall–Kier alpha value is -1.74. The summed E-state index contributed by atoms with van der Waals surface area (Å²) in [4.78, 5) is 11.6. The van der Waals surface area contributed by atoms with Gasteiger partial charge < -0.3 is 4.74 Å². The Morgan fingerprint density at radius 3 is 2.78 bits per heavy atom. The zero-order valence-corrected chi connectivity index (χ0v) is 10.8. The number of ether oxygens (including phenoxy) is 1. The predicted octanol–water partition coefficient (Wildman–Crippen LogP) is 4.02. The minimum absolute atomic E-state index is 0.281. The Morgan fingerprint density at radius 2 is 2.00 bits per heavy atom. The smallest absolute Gasteiger partial charge is 0.411 e. The number of alkyl halides is 1. The molecule has 1 amide bonds. The van der Waals surface area contributed by atoms with E-state index >= 15 is 0 Å². The van der Waals surface area contributed by atoms with E-state index in [9.17, 15) is 4.79 Å². The normalized spacial score (nSPS) is 12.1.